The number of thioether (sulfide) groups is 1. The highest BCUT2D eigenvalue weighted by atomic mass is 32.2. The van der Waals surface area contributed by atoms with E-state index in [0.717, 1.165) is 12.2 Å². The Morgan fingerprint density at radius 2 is 2.06 bits per heavy atom. The van der Waals surface area contributed by atoms with Gasteiger partial charge in [-0.25, -0.2) is 0 Å². The standard InChI is InChI=1S/C14H19N3S/c1-11-3-5-14(6-4-11)18-10-13(15)7-12-8-16-17(2)9-12/h3-6,8-9,13H,7,10,15H2,1-2H3. The predicted octanol–water partition coefficient (Wildman–Crippen LogP) is 2.39. The van der Waals surface area contributed by atoms with Crippen molar-refractivity contribution in [3.8, 4) is 0 Å². The van der Waals surface area contributed by atoms with Crippen LogP contribution in [-0.2, 0) is 13.5 Å². The Balaban J connectivity index is 1.81. The van der Waals surface area contributed by atoms with E-state index in [1.807, 2.05) is 35.9 Å². The molecule has 18 heavy (non-hydrogen) atoms. The van der Waals surface area contributed by atoms with Crippen LogP contribution >= 0.6 is 11.8 Å². The molecule has 0 saturated heterocycles. The summed E-state index contributed by atoms with van der Waals surface area (Å²) >= 11 is 1.81. The van der Waals surface area contributed by atoms with E-state index < -0.39 is 0 Å². The van der Waals surface area contributed by atoms with Gasteiger partial charge in [0.2, 0.25) is 0 Å². The van der Waals surface area contributed by atoms with Gasteiger partial charge in [0.1, 0.15) is 0 Å². The molecule has 3 nitrogen and oxygen atoms in total. The number of nitrogens with two attached hydrogens (primary N) is 1. The van der Waals surface area contributed by atoms with Crippen LogP contribution in [0.1, 0.15) is 11.1 Å². The fourth-order valence-corrected chi connectivity index (χ4v) is 2.63. The van der Waals surface area contributed by atoms with Crippen LogP contribution in [0.25, 0.3) is 0 Å². The van der Waals surface area contributed by atoms with Crippen molar-refractivity contribution in [3.63, 3.8) is 0 Å². The molecule has 1 aromatic carbocycles. The Morgan fingerprint density at radius 3 is 2.67 bits per heavy atom. The van der Waals surface area contributed by atoms with Crippen LogP contribution in [-0.4, -0.2) is 21.6 Å². The first-order chi connectivity index (χ1) is 8.63. The maximum Gasteiger partial charge on any atom is 0.0522 e. The molecule has 0 spiro atoms. The van der Waals surface area contributed by atoms with E-state index in [-0.39, 0.29) is 6.04 Å². The van der Waals surface area contributed by atoms with E-state index >= 15 is 0 Å². The van der Waals surface area contributed by atoms with E-state index in [0.29, 0.717) is 0 Å². The Hall–Kier alpha value is -1.26. The van der Waals surface area contributed by atoms with Crippen molar-refractivity contribution in [2.45, 2.75) is 24.3 Å². The molecule has 0 aliphatic heterocycles. The van der Waals surface area contributed by atoms with Gasteiger partial charge in [-0.3, -0.25) is 4.68 Å². The molecule has 4 heteroatoms. The molecule has 1 unspecified atom stereocenters. The van der Waals surface area contributed by atoms with Crippen molar-refractivity contribution in [2.24, 2.45) is 12.8 Å². The lowest BCUT2D eigenvalue weighted by molar-refractivity contribution is 0.743. The van der Waals surface area contributed by atoms with E-state index in [4.69, 9.17) is 5.73 Å². The summed E-state index contributed by atoms with van der Waals surface area (Å²) in [6.07, 6.45) is 4.79. The van der Waals surface area contributed by atoms with Gasteiger partial charge in [-0.05, 0) is 31.0 Å². The minimum absolute atomic E-state index is 0.167. The average molecular weight is 261 g/mol. The topological polar surface area (TPSA) is 43.8 Å². The molecule has 0 aliphatic rings. The van der Waals surface area contributed by atoms with Crippen molar-refractivity contribution < 1.29 is 0 Å². The summed E-state index contributed by atoms with van der Waals surface area (Å²) in [6.45, 7) is 2.10. The molecule has 2 rings (SSSR count). The Morgan fingerprint density at radius 1 is 1.33 bits per heavy atom. The fraction of sp³-hybridized carbons (Fsp3) is 0.357. The number of benzene rings is 1. The monoisotopic (exact) mass is 261 g/mol. The second-order valence-corrected chi connectivity index (χ2v) is 5.70. The van der Waals surface area contributed by atoms with E-state index in [9.17, 15) is 0 Å². The first-order valence-electron chi connectivity index (χ1n) is 6.06. The third-order valence-corrected chi connectivity index (χ3v) is 3.94. The summed E-state index contributed by atoms with van der Waals surface area (Å²) < 4.78 is 1.81. The molecule has 0 fully saturated rings. The van der Waals surface area contributed by atoms with Crippen molar-refractivity contribution >= 4 is 11.8 Å². The van der Waals surface area contributed by atoms with Crippen molar-refractivity contribution in [1.29, 1.82) is 0 Å². The van der Waals surface area contributed by atoms with Crippen LogP contribution in [0.15, 0.2) is 41.6 Å². The maximum absolute atomic E-state index is 6.13. The third kappa shape index (κ3) is 3.89. The summed E-state index contributed by atoms with van der Waals surface area (Å²) in [4.78, 5) is 1.28. The van der Waals surface area contributed by atoms with Gasteiger partial charge in [0.15, 0.2) is 0 Å². The van der Waals surface area contributed by atoms with Crippen LogP contribution in [0.4, 0.5) is 0 Å². The summed E-state index contributed by atoms with van der Waals surface area (Å²) in [5.74, 6) is 0.929. The molecular formula is C14H19N3S. The van der Waals surface area contributed by atoms with Gasteiger partial charge in [0.25, 0.3) is 0 Å². The second-order valence-electron chi connectivity index (χ2n) is 4.61. The Bertz CT molecular complexity index is 490. The summed E-state index contributed by atoms with van der Waals surface area (Å²) in [6, 6.07) is 8.73. The lowest BCUT2D eigenvalue weighted by atomic mass is 10.1. The molecule has 0 saturated carbocycles. The van der Waals surface area contributed by atoms with E-state index in [1.165, 1.54) is 16.0 Å². The molecule has 1 aromatic heterocycles. The number of hydrogen-bond donors (Lipinski definition) is 1. The molecule has 0 radical (unpaired) electrons. The minimum atomic E-state index is 0.167. The number of aryl methyl sites for hydroxylation is 2. The van der Waals surface area contributed by atoms with Gasteiger partial charge < -0.3 is 5.73 Å². The highest BCUT2D eigenvalue weighted by molar-refractivity contribution is 7.99. The quantitative estimate of drug-likeness (QED) is 0.841. The number of nitrogens with zero attached hydrogens (tertiary/aromatic N) is 2. The zero-order valence-corrected chi connectivity index (χ0v) is 11.7. The zero-order valence-electron chi connectivity index (χ0n) is 10.8. The molecule has 0 bridgehead atoms. The highest BCUT2D eigenvalue weighted by Crippen LogP contribution is 2.19. The predicted molar refractivity (Wildman–Crippen MR) is 76.8 cm³/mol. The van der Waals surface area contributed by atoms with Gasteiger partial charge in [0.05, 0.1) is 6.20 Å². The first-order valence-corrected chi connectivity index (χ1v) is 7.04. The largest absolute Gasteiger partial charge is 0.327 e. The SMILES string of the molecule is Cc1ccc(SCC(N)Cc2cnn(C)c2)cc1. The second kappa shape index (κ2) is 6.07. The molecule has 2 aromatic rings. The van der Waals surface area contributed by atoms with Gasteiger partial charge >= 0.3 is 0 Å². The van der Waals surface area contributed by atoms with Crippen LogP contribution in [0.2, 0.25) is 0 Å². The average Bonchev–Trinajstić information content (AvgIpc) is 2.74. The lowest BCUT2D eigenvalue weighted by Crippen LogP contribution is -2.25. The number of aromatic nitrogens is 2. The summed E-state index contributed by atoms with van der Waals surface area (Å²) in [5, 5.41) is 4.15. The van der Waals surface area contributed by atoms with Gasteiger partial charge in [-0.2, -0.15) is 5.10 Å². The van der Waals surface area contributed by atoms with Crippen LogP contribution in [0.5, 0.6) is 0 Å². The van der Waals surface area contributed by atoms with Crippen LogP contribution < -0.4 is 5.73 Å². The van der Waals surface area contributed by atoms with Crippen molar-refractivity contribution in [3.05, 3.63) is 47.8 Å². The first kappa shape index (κ1) is 13.2. The summed E-state index contributed by atoms with van der Waals surface area (Å²) in [5.41, 5.74) is 8.63. The summed E-state index contributed by atoms with van der Waals surface area (Å²) in [7, 11) is 1.93. The van der Waals surface area contributed by atoms with Gasteiger partial charge in [-0.1, -0.05) is 17.7 Å². The molecule has 96 valence electrons. The van der Waals surface area contributed by atoms with E-state index in [1.54, 1.807) is 0 Å². The maximum atomic E-state index is 6.13. The highest BCUT2D eigenvalue weighted by Gasteiger charge is 2.06. The smallest absolute Gasteiger partial charge is 0.0522 e. The molecule has 0 amide bonds. The van der Waals surface area contributed by atoms with Crippen molar-refractivity contribution in [2.75, 3.05) is 5.75 Å². The molecule has 1 heterocycles. The fourth-order valence-electron chi connectivity index (χ4n) is 1.78. The van der Waals surface area contributed by atoms with Crippen LogP contribution in [0, 0.1) is 6.92 Å². The Labute approximate surface area is 112 Å². The minimum Gasteiger partial charge on any atom is -0.327 e. The number of hydrogen-bond acceptors (Lipinski definition) is 3. The van der Waals surface area contributed by atoms with Gasteiger partial charge in [-0.15, -0.1) is 11.8 Å². The Kier molecular flexibility index (Phi) is 4.44. The molecule has 0 aliphatic carbocycles. The van der Waals surface area contributed by atoms with E-state index in [2.05, 4.69) is 36.3 Å². The normalized spacial score (nSPS) is 12.6. The zero-order chi connectivity index (χ0) is 13.0. The molecule has 1 atom stereocenters. The molecule has 2 N–H and O–H groups in total. The van der Waals surface area contributed by atoms with Crippen molar-refractivity contribution in [1.82, 2.24) is 9.78 Å². The van der Waals surface area contributed by atoms with Crippen LogP contribution in [0.3, 0.4) is 0 Å². The number of rotatable bonds is 5. The van der Waals surface area contributed by atoms with Gasteiger partial charge in [0, 0.05) is 29.9 Å². The lowest BCUT2D eigenvalue weighted by Gasteiger charge is -2.10. The third-order valence-electron chi connectivity index (χ3n) is 2.74. The molecular weight excluding hydrogens is 242 g/mol.